The Balaban J connectivity index is 3.84. The van der Waals surface area contributed by atoms with Crippen molar-refractivity contribution in [2.45, 2.75) is 39.4 Å². The smallest absolute Gasteiger partial charge is 0.225 e. The Bertz CT molecular complexity index is 172. The summed E-state index contributed by atoms with van der Waals surface area (Å²) in [6, 6.07) is 0. The predicted molar refractivity (Wildman–Crippen MR) is 60.0 cm³/mol. The zero-order valence-corrected chi connectivity index (χ0v) is 10.7. The first-order valence-corrected chi connectivity index (χ1v) is 5.59. The lowest BCUT2D eigenvalue weighted by Gasteiger charge is -2.20. The number of rotatable bonds is 3. The van der Waals surface area contributed by atoms with E-state index < -0.39 is 0 Å². The fourth-order valence-electron chi connectivity index (χ4n) is 0.691. The van der Waals surface area contributed by atoms with Crippen molar-refractivity contribution in [1.29, 1.82) is 0 Å². The van der Waals surface area contributed by atoms with Crippen molar-refractivity contribution in [3.8, 4) is 0 Å². The highest BCUT2D eigenvalue weighted by Crippen LogP contribution is 2.14. The van der Waals surface area contributed by atoms with Gasteiger partial charge < -0.3 is 5.32 Å². The van der Waals surface area contributed by atoms with Gasteiger partial charge in [0.05, 0.1) is 0 Å². The normalized spacial score (nSPS) is 14.4. The first kappa shape index (κ1) is 12.9. The minimum absolute atomic E-state index is 0.109. The van der Waals surface area contributed by atoms with Gasteiger partial charge in [0, 0.05) is 16.8 Å². The van der Waals surface area contributed by atoms with Crippen LogP contribution < -0.4 is 5.32 Å². The highest BCUT2D eigenvalue weighted by molar-refractivity contribution is 9.09. The van der Waals surface area contributed by atoms with Crippen LogP contribution in [0.15, 0.2) is 0 Å². The number of hydrogen-bond donors (Lipinski definition) is 1. The minimum atomic E-state index is -0.288. The van der Waals surface area contributed by atoms with E-state index >= 15 is 0 Å². The molecule has 0 heterocycles. The molecule has 0 rings (SSSR count). The van der Waals surface area contributed by atoms with Gasteiger partial charge >= 0.3 is 0 Å². The Labute approximate surface area is 89.6 Å². The number of alkyl halides is 1. The van der Waals surface area contributed by atoms with Crippen molar-refractivity contribution in [2.24, 2.45) is 11.3 Å². The van der Waals surface area contributed by atoms with Gasteiger partial charge in [0.15, 0.2) is 0 Å². The second-order valence-corrected chi connectivity index (χ2v) is 5.90. The van der Waals surface area contributed by atoms with Gasteiger partial charge in [-0.2, -0.15) is 0 Å². The Hall–Kier alpha value is -0.0500. The quantitative estimate of drug-likeness (QED) is 0.766. The molecule has 1 amide bonds. The van der Waals surface area contributed by atoms with Crippen molar-refractivity contribution in [3.63, 3.8) is 0 Å². The third-order valence-corrected chi connectivity index (χ3v) is 3.24. The van der Waals surface area contributed by atoms with Crippen LogP contribution in [0.4, 0.5) is 0 Å². The molecule has 0 saturated heterocycles. The molecule has 0 aromatic rings. The predicted octanol–water partition coefficient (Wildman–Crippen LogP) is 2.57. The Kier molecular flexibility index (Phi) is 4.97. The van der Waals surface area contributed by atoms with E-state index in [4.69, 9.17) is 0 Å². The summed E-state index contributed by atoms with van der Waals surface area (Å²) in [5.41, 5.74) is -0.288. The van der Waals surface area contributed by atoms with E-state index in [2.05, 4.69) is 35.1 Å². The zero-order chi connectivity index (χ0) is 10.6. The van der Waals surface area contributed by atoms with Gasteiger partial charge in [-0.3, -0.25) is 4.79 Å². The second-order valence-electron chi connectivity index (χ2n) is 4.72. The van der Waals surface area contributed by atoms with E-state index in [1.54, 1.807) is 0 Å². The summed E-state index contributed by atoms with van der Waals surface area (Å²) in [6.07, 6.45) is 0. The van der Waals surface area contributed by atoms with E-state index in [0.717, 1.165) is 0 Å². The maximum Gasteiger partial charge on any atom is 0.225 e. The van der Waals surface area contributed by atoms with Gasteiger partial charge in [0.1, 0.15) is 0 Å². The minimum Gasteiger partial charge on any atom is -0.355 e. The lowest BCUT2D eigenvalue weighted by Crippen LogP contribution is -2.38. The molecule has 1 N–H and O–H groups in total. The van der Waals surface area contributed by atoms with Crippen LogP contribution in [0.3, 0.4) is 0 Å². The highest BCUT2D eigenvalue weighted by Gasteiger charge is 2.21. The summed E-state index contributed by atoms with van der Waals surface area (Å²) in [6.45, 7) is 10.7. The topological polar surface area (TPSA) is 29.1 Å². The number of amides is 1. The fourth-order valence-corrected chi connectivity index (χ4v) is 0.853. The van der Waals surface area contributed by atoms with Crippen LogP contribution in [0.2, 0.25) is 0 Å². The van der Waals surface area contributed by atoms with Crippen molar-refractivity contribution >= 4 is 21.8 Å². The molecule has 0 saturated carbocycles. The van der Waals surface area contributed by atoms with E-state index in [9.17, 15) is 4.79 Å². The number of hydrogen-bond acceptors (Lipinski definition) is 1. The standard InChI is InChI=1S/C10H20BrNO/c1-7(2)8(11)6-12-9(13)10(3,4)5/h7-8H,6H2,1-5H3,(H,12,13). The van der Waals surface area contributed by atoms with Crippen LogP contribution in [-0.2, 0) is 4.79 Å². The highest BCUT2D eigenvalue weighted by atomic mass is 79.9. The van der Waals surface area contributed by atoms with Gasteiger partial charge in [-0.15, -0.1) is 0 Å². The summed E-state index contributed by atoms with van der Waals surface area (Å²) in [4.78, 5) is 11.8. The molecule has 13 heavy (non-hydrogen) atoms. The van der Waals surface area contributed by atoms with E-state index in [0.29, 0.717) is 17.3 Å². The SMILES string of the molecule is CC(C)C(Br)CNC(=O)C(C)(C)C. The average molecular weight is 250 g/mol. The molecule has 2 nitrogen and oxygen atoms in total. The number of carbonyl (C=O) groups is 1. The summed E-state index contributed by atoms with van der Waals surface area (Å²) in [5, 5.41) is 2.92. The molecule has 3 heteroatoms. The first-order chi connectivity index (χ1) is 5.75. The molecule has 1 unspecified atom stereocenters. The van der Waals surface area contributed by atoms with Crippen molar-refractivity contribution in [2.75, 3.05) is 6.54 Å². The molecule has 0 aromatic carbocycles. The number of nitrogens with one attached hydrogen (secondary N) is 1. The largest absolute Gasteiger partial charge is 0.355 e. The van der Waals surface area contributed by atoms with Gasteiger partial charge in [-0.25, -0.2) is 0 Å². The molecule has 0 aliphatic carbocycles. The third-order valence-electron chi connectivity index (χ3n) is 1.86. The first-order valence-electron chi connectivity index (χ1n) is 4.67. The molecule has 0 aromatic heterocycles. The van der Waals surface area contributed by atoms with Crippen molar-refractivity contribution in [1.82, 2.24) is 5.32 Å². The maximum atomic E-state index is 11.5. The monoisotopic (exact) mass is 249 g/mol. The molecule has 78 valence electrons. The third kappa shape index (κ3) is 5.29. The van der Waals surface area contributed by atoms with Crippen LogP contribution in [0.25, 0.3) is 0 Å². The fraction of sp³-hybridized carbons (Fsp3) is 0.900. The molecule has 0 aliphatic rings. The summed E-state index contributed by atoms with van der Waals surface area (Å²) in [5.74, 6) is 0.651. The van der Waals surface area contributed by atoms with Gasteiger partial charge in [-0.1, -0.05) is 50.5 Å². The maximum absolute atomic E-state index is 11.5. The van der Waals surface area contributed by atoms with Crippen LogP contribution in [0, 0.1) is 11.3 Å². The van der Waals surface area contributed by atoms with E-state index in [1.165, 1.54) is 0 Å². The van der Waals surface area contributed by atoms with Crippen LogP contribution >= 0.6 is 15.9 Å². The molecular weight excluding hydrogens is 230 g/mol. The molecular formula is C10H20BrNO. The van der Waals surface area contributed by atoms with Crippen molar-refractivity contribution < 1.29 is 4.79 Å². The van der Waals surface area contributed by atoms with Crippen LogP contribution in [-0.4, -0.2) is 17.3 Å². The molecule has 0 fully saturated rings. The lowest BCUT2D eigenvalue weighted by atomic mass is 9.95. The van der Waals surface area contributed by atoms with Gasteiger partial charge in [-0.05, 0) is 5.92 Å². The Morgan fingerprint density at radius 3 is 2.15 bits per heavy atom. The van der Waals surface area contributed by atoms with E-state index in [-0.39, 0.29) is 11.3 Å². The molecule has 1 atom stereocenters. The van der Waals surface area contributed by atoms with Crippen molar-refractivity contribution in [3.05, 3.63) is 0 Å². The van der Waals surface area contributed by atoms with Gasteiger partial charge in [0.2, 0.25) is 5.91 Å². The van der Waals surface area contributed by atoms with E-state index in [1.807, 2.05) is 20.8 Å². The molecule has 0 spiro atoms. The lowest BCUT2D eigenvalue weighted by molar-refractivity contribution is -0.128. The Morgan fingerprint density at radius 2 is 1.85 bits per heavy atom. The Morgan fingerprint density at radius 1 is 1.38 bits per heavy atom. The van der Waals surface area contributed by atoms with Gasteiger partial charge in [0.25, 0.3) is 0 Å². The molecule has 0 bridgehead atoms. The van der Waals surface area contributed by atoms with Crippen LogP contribution in [0.5, 0.6) is 0 Å². The summed E-state index contributed by atoms with van der Waals surface area (Å²) < 4.78 is 0. The average Bonchev–Trinajstić information content (AvgIpc) is 1.97. The summed E-state index contributed by atoms with van der Waals surface area (Å²) in [7, 11) is 0. The number of carbonyl (C=O) groups excluding carboxylic acids is 1. The van der Waals surface area contributed by atoms with Crippen LogP contribution in [0.1, 0.15) is 34.6 Å². The molecule has 0 radical (unpaired) electrons. The zero-order valence-electron chi connectivity index (χ0n) is 9.15. The summed E-state index contributed by atoms with van der Waals surface area (Å²) >= 11 is 3.52. The second kappa shape index (κ2) is 4.99. The molecule has 0 aliphatic heterocycles. The number of halogens is 1.